The van der Waals surface area contributed by atoms with Gasteiger partial charge in [0.2, 0.25) is 11.8 Å². The van der Waals surface area contributed by atoms with E-state index in [-0.39, 0.29) is 41.1 Å². The number of methoxy groups -OCH3 is 2. The molecule has 0 aliphatic carbocycles. The van der Waals surface area contributed by atoms with Gasteiger partial charge in [0.15, 0.2) is 11.5 Å². The van der Waals surface area contributed by atoms with Crippen LogP contribution in [-0.2, 0) is 32.6 Å². The predicted octanol–water partition coefficient (Wildman–Crippen LogP) is 6.27. The lowest BCUT2D eigenvalue weighted by atomic mass is 10.0. The average molecular weight is 692 g/mol. The highest BCUT2D eigenvalue weighted by Crippen LogP contribution is 2.32. The van der Waals surface area contributed by atoms with Crippen LogP contribution in [0, 0.1) is 12.8 Å². The standard InChI is InChI=1S/C37H42ClN3O6S/c1-26(2)23-39-37(43)33(21-28-10-7-6-8-11-28)40(24-29-12-9-13-30(38)20-29)36(42)25-41(31-16-14-27(3)15-17-31)48(44,45)32-18-19-34(46-4)35(22-32)47-5/h6-20,22,26,33H,21,23-25H2,1-5H3,(H,39,43)/t33-/m0/s1. The van der Waals surface area contributed by atoms with Crippen LogP contribution in [0.25, 0.3) is 0 Å². The van der Waals surface area contributed by atoms with Crippen molar-refractivity contribution in [1.29, 1.82) is 0 Å². The molecule has 0 radical (unpaired) electrons. The maximum atomic E-state index is 14.6. The molecule has 0 aliphatic rings. The van der Waals surface area contributed by atoms with Gasteiger partial charge in [-0.2, -0.15) is 0 Å². The van der Waals surface area contributed by atoms with Crippen molar-refractivity contribution in [2.75, 3.05) is 31.6 Å². The van der Waals surface area contributed by atoms with Crippen LogP contribution < -0.4 is 19.1 Å². The Labute approximate surface area is 288 Å². The van der Waals surface area contributed by atoms with Gasteiger partial charge in [-0.25, -0.2) is 8.42 Å². The number of sulfonamides is 1. The smallest absolute Gasteiger partial charge is 0.264 e. The topological polar surface area (TPSA) is 105 Å². The molecule has 4 rings (SSSR count). The van der Waals surface area contributed by atoms with Crippen LogP contribution in [0.1, 0.15) is 30.5 Å². The van der Waals surface area contributed by atoms with E-state index in [1.807, 2.05) is 57.2 Å². The number of aryl methyl sites for hydroxylation is 1. The number of anilines is 1. The summed E-state index contributed by atoms with van der Waals surface area (Å²) in [6.07, 6.45) is 0.212. The fourth-order valence-electron chi connectivity index (χ4n) is 5.15. The number of ether oxygens (including phenoxy) is 2. The van der Waals surface area contributed by atoms with E-state index in [4.69, 9.17) is 21.1 Å². The van der Waals surface area contributed by atoms with Crippen LogP contribution in [0.4, 0.5) is 5.69 Å². The second-order valence-corrected chi connectivity index (χ2v) is 14.2. The van der Waals surface area contributed by atoms with Gasteiger partial charge in [-0.05, 0) is 60.4 Å². The number of rotatable bonds is 15. The fraction of sp³-hybridized carbons (Fsp3) is 0.297. The van der Waals surface area contributed by atoms with Gasteiger partial charge in [0.1, 0.15) is 12.6 Å². The van der Waals surface area contributed by atoms with E-state index in [0.717, 1.165) is 15.4 Å². The van der Waals surface area contributed by atoms with E-state index in [9.17, 15) is 18.0 Å². The van der Waals surface area contributed by atoms with Gasteiger partial charge in [0.25, 0.3) is 10.0 Å². The number of benzene rings is 4. The summed E-state index contributed by atoms with van der Waals surface area (Å²) in [6.45, 7) is 5.71. The number of carbonyl (C=O) groups is 2. The molecule has 1 atom stereocenters. The maximum absolute atomic E-state index is 14.6. The van der Waals surface area contributed by atoms with Crippen LogP contribution in [0.5, 0.6) is 11.5 Å². The molecule has 0 bridgehead atoms. The zero-order valence-corrected chi connectivity index (χ0v) is 29.4. The Morgan fingerprint density at radius 2 is 1.50 bits per heavy atom. The zero-order chi connectivity index (χ0) is 34.8. The van der Waals surface area contributed by atoms with Crippen LogP contribution in [0.3, 0.4) is 0 Å². The highest BCUT2D eigenvalue weighted by atomic mass is 35.5. The fourth-order valence-corrected chi connectivity index (χ4v) is 6.80. The van der Waals surface area contributed by atoms with Crippen molar-refractivity contribution in [1.82, 2.24) is 10.2 Å². The molecule has 0 saturated heterocycles. The zero-order valence-electron chi connectivity index (χ0n) is 27.9. The molecule has 254 valence electrons. The first-order valence-corrected chi connectivity index (χ1v) is 17.4. The predicted molar refractivity (Wildman–Crippen MR) is 189 cm³/mol. The number of hydrogen-bond donors (Lipinski definition) is 1. The van der Waals surface area contributed by atoms with Crippen molar-refractivity contribution >= 4 is 39.1 Å². The Hall–Kier alpha value is -4.54. The number of carbonyl (C=O) groups excluding carboxylic acids is 2. The Morgan fingerprint density at radius 1 is 0.833 bits per heavy atom. The summed E-state index contributed by atoms with van der Waals surface area (Å²) in [6, 6.07) is 26.6. The van der Waals surface area contributed by atoms with E-state index < -0.39 is 28.5 Å². The molecule has 4 aromatic rings. The molecule has 0 heterocycles. The van der Waals surface area contributed by atoms with Crippen LogP contribution >= 0.6 is 11.6 Å². The monoisotopic (exact) mass is 691 g/mol. The van der Waals surface area contributed by atoms with E-state index in [1.54, 1.807) is 42.5 Å². The van der Waals surface area contributed by atoms with Crippen molar-refractivity contribution in [2.45, 2.75) is 44.7 Å². The number of amides is 2. The van der Waals surface area contributed by atoms with Crippen molar-refractivity contribution in [3.05, 3.63) is 119 Å². The first kappa shape index (κ1) is 36.3. The number of halogens is 1. The largest absolute Gasteiger partial charge is 0.493 e. The Balaban J connectivity index is 1.82. The van der Waals surface area contributed by atoms with E-state index in [2.05, 4.69) is 5.32 Å². The van der Waals surface area contributed by atoms with Gasteiger partial charge in [-0.1, -0.05) is 85.6 Å². The van der Waals surface area contributed by atoms with Gasteiger partial charge in [0.05, 0.1) is 24.8 Å². The van der Waals surface area contributed by atoms with Crippen LogP contribution in [0.15, 0.2) is 102 Å². The van der Waals surface area contributed by atoms with Gasteiger partial charge in [-0.3, -0.25) is 13.9 Å². The van der Waals surface area contributed by atoms with Crippen LogP contribution in [-0.4, -0.2) is 58.5 Å². The Bertz CT molecular complexity index is 1800. The summed E-state index contributed by atoms with van der Waals surface area (Å²) in [5.41, 5.74) is 2.74. The molecule has 0 spiro atoms. The highest BCUT2D eigenvalue weighted by Gasteiger charge is 2.35. The summed E-state index contributed by atoms with van der Waals surface area (Å²) in [5.74, 6) is -0.153. The Morgan fingerprint density at radius 3 is 2.12 bits per heavy atom. The summed E-state index contributed by atoms with van der Waals surface area (Å²) >= 11 is 6.33. The van der Waals surface area contributed by atoms with E-state index in [0.29, 0.717) is 22.9 Å². The van der Waals surface area contributed by atoms with Crippen molar-refractivity contribution in [3.63, 3.8) is 0 Å². The minimum absolute atomic E-state index is 0.0180. The average Bonchev–Trinajstić information content (AvgIpc) is 3.08. The maximum Gasteiger partial charge on any atom is 0.264 e. The lowest BCUT2D eigenvalue weighted by Crippen LogP contribution is -2.53. The first-order valence-electron chi connectivity index (χ1n) is 15.6. The van der Waals surface area contributed by atoms with Gasteiger partial charge in [0, 0.05) is 30.6 Å². The second-order valence-electron chi connectivity index (χ2n) is 11.9. The Kier molecular flexibility index (Phi) is 12.5. The molecular formula is C37H42ClN3O6S. The normalized spacial score (nSPS) is 11.9. The van der Waals surface area contributed by atoms with Crippen molar-refractivity contribution in [2.24, 2.45) is 5.92 Å². The van der Waals surface area contributed by atoms with Crippen molar-refractivity contribution < 1.29 is 27.5 Å². The molecule has 11 heteroatoms. The minimum atomic E-state index is -4.33. The lowest BCUT2D eigenvalue weighted by Gasteiger charge is -2.34. The van der Waals surface area contributed by atoms with E-state index >= 15 is 0 Å². The van der Waals surface area contributed by atoms with E-state index in [1.165, 1.54) is 37.3 Å². The van der Waals surface area contributed by atoms with Crippen molar-refractivity contribution in [3.8, 4) is 11.5 Å². The SMILES string of the molecule is COc1ccc(S(=O)(=O)N(CC(=O)N(Cc2cccc(Cl)c2)[C@@H](Cc2ccccc2)C(=O)NCC(C)C)c2ccc(C)cc2)cc1OC. The summed E-state index contributed by atoms with van der Waals surface area (Å²) < 4.78 is 40.5. The second kappa shape index (κ2) is 16.5. The summed E-state index contributed by atoms with van der Waals surface area (Å²) in [7, 11) is -1.45. The molecule has 0 unspecified atom stereocenters. The number of hydrogen-bond acceptors (Lipinski definition) is 6. The summed E-state index contributed by atoms with van der Waals surface area (Å²) in [5, 5.41) is 3.46. The molecule has 0 fully saturated rings. The van der Waals surface area contributed by atoms with Gasteiger partial charge >= 0.3 is 0 Å². The molecule has 1 N–H and O–H groups in total. The third kappa shape index (κ3) is 9.29. The molecule has 0 aromatic heterocycles. The third-order valence-electron chi connectivity index (χ3n) is 7.74. The highest BCUT2D eigenvalue weighted by molar-refractivity contribution is 7.92. The lowest BCUT2D eigenvalue weighted by molar-refractivity contribution is -0.140. The molecule has 48 heavy (non-hydrogen) atoms. The first-order chi connectivity index (χ1) is 22.9. The number of nitrogens with zero attached hydrogens (tertiary/aromatic N) is 2. The molecule has 9 nitrogen and oxygen atoms in total. The minimum Gasteiger partial charge on any atom is -0.493 e. The van der Waals surface area contributed by atoms with Gasteiger partial charge in [-0.15, -0.1) is 0 Å². The number of nitrogens with one attached hydrogen (secondary N) is 1. The molecule has 0 aliphatic heterocycles. The quantitative estimate of drug-likeness (QED) is 0.158. The third-order valence-corrected chi connectivity index (χ3v) is 9.75. The molecule has 0 saturated carbocycles. The molecular weight excluding hydrogens is 650 g/mol. The van der Waals surface area contributed by atoms with Crippen LogP contribution in [0.2, 0.25) is 5.02 Å². The molecule has 2 amide bonds. The van der Waals surface area contributed by atoms with Gasteiger partial charge < -0.3 is 19.7 Å². The summed E-state index contributed by atoms with van der Waals surface area (Å²) in [4.78, 5) is 29.9. The molecule has 4 aromatic carbocycles.